The Morgan fingerprint density at radius 3 is 0.417 bits per heavy atom. The minimum absolute atomic E-state index is 1.50. The van der Waals surface area contributed by atoms with Gasteiger partial charge in [0.2, 0.25) is 0 Å². The summed E-state index contributed by atoms with van der Waals surface area (Å²) in [6, 6.07) is 0. The lowest BCUT2D eigenvalue weighted by Crippen LogP contribution is -1.85. The molecule has 2 saturated carbocycles. The molecular weight excluding hydrogens is 144 g/mol. The van der Waals surface area contributed by atoms with Crippen LogP contribution in [0.15, 0.2) is 0 Å². The monoisotopic (exact) mass is 172 g/mol. The molecule has 0 heterocycles. The van der Waals surface area contributed by atoms with Crippen LogP contribution in [0.1, 0.15) is 79.1 Å². The minimum atomic E-state index is 1.50. The quantitative estimate of drug-likeness (QED) is 0.472. The van der Waals surface area contributed by atoms with Gasteiger partial charge < -0.3 is 0 Å². The summed E-state index contributed by atoms with van der Waals surface area (Å²) < 4.78 is 0. The van der Waals surface area contributed by atoms with Gasteiger partial charge in [0.1, 0.15) is 0 Å². The molecule has 0 saturated heterocycles. The van der Waals surface area contributed by atoms with Crippen molar-refractivity contribution in [3.63, 3.8) is 0 Å². The van der Waals surface area contributed by atoms with E-state index < -0.39 is 0 Å². The van der Waals surface area contributed by atoms with Gasteiger partial charge in [-0.2, -0.15) is 0 Å². The molecule has 2 fully saturated rings. The van der Waals surface area contributed by atoms with Crippen molar-refractivity contribution in [1.29, 1.82) is 0 Å². The highest BCUT2D eigenvalue weighted by Gasteiger charge is 1.95. The van der Waals surface area contributed by atoms with Crippen molar-refractivity contribution >= 4 is 0 Å². The minimum Gasteiger partial charge on any atom is -0.0683 e. The summed E-state index contributed by atoms with van der Waals surface area (Å²) >= 11 is 0. The topological polar surface area (TPSA) is 0 Å². The second-order valence-electron chi connectivity index (χ2n) is 2.83. The van der Waals surface area contributed by atoms with Crippen LogP contribution in [0.4, 0.5) is 0 Å². The Bertz CT molecular complexity index is 24.0. The largest absolute Gasteiger partial charge is 0.0683 e. The van der Waals surface area contributed by atoms with Crippen molar-refractivity contribution in [3.05, 3.63) is 0 Å². The van der Waals surface area contributed by atoms with E-state index in [-0.39, 0.29) is 0 Å². The van der Waals surface area contributed by atoms with Crippen LogP contribution in [0.25, 0.3) is 0 Å². The summed E-state index contributed by atoms with van der Waals surface area (Å²) in [5.41, 5.74) is 0. The van der Waals surface area contributed by atoms with Crippen LogP contribution in [0.5, 0.6) is 0 Å². The average molecular weight is 172 g/mol. The third-order valence-electron chi connectivity index (χ3n) is 2.00. The lowest BCUT2D eigenvalue weighted by atomic mass is 10.0. The van der Waals surface area contributed by atoms with E-state index in [1.165, 1.54) is 51.4 Å². The summed E-state index contributed by atoms with van der Waals surface area (Å²) in [7, 11) is 0. The molecule has 0 aromatic heterocycles. The Labute approximate surface area is 79.8 Å². The first-order valence-corrected chi connectivity index (χ1v) is 6.00. The van der Waals surface area contributed by atoms with Gasteiger partial charge in [-0.25, -0.2) is 0 Å². The molecule has 0 amide bonds. The summed E-state index contributed by atoms with van der Waals surface area (Å²) in [5.74, 6) is 0. The number of hydrogen-bond donors (Lipinski definition) is 0. The van der Waals surface area contributed by atoms with E-state index in [2.05, 4.69) is 0 Å². The molecule has 0 radical (unpaired) electrons. The Morgan fingerprint density at radius 1 is 0.333 bits per heavy atom. The fourth-order valence-electron chi connectivity index (χ4n) is 0.500. The van der Waals surface area contributed by atoms with Crippen molar-refractivity contribution in [2.45, 2.75) is 79.1 Å². The van der Waals surface area contributed by atoms with Crippen molar-refractivity contribution < 1.29 is 0 Å². The summed E-state index contributed by atoms with van der Waals surface area (Å²) in [5, 5.41) is 0. The Hall–Kier alpha value is 0. The standard InChI is InChI=1S/2C4H8.2C2H6/c2*1-2-4-3-1;2*1-2/h2*1-4H2;2*1-2H3. The molecule has 0 N–H and O–H groups in total. The first-order valence-electron chi connectivity index (χ1n) is 6.00. The molecule has 0 spiro atoms. The number of hydrogen-bond acceptors (Lipinski definition) is 0. The number of rotatable bonds is 0. The van der Waals surface area contributed by atoms with E-state index in [4.69, 9.17) is 0 Å². The highest BCUT2D eigenvalue weighted by atomic mass is 14.0. The van der Waals surface area contributed by atoms with Crippen LogP contribution < -0.4 is 0 Å². The second-order valence-corrected chi connectivity index (χ2v) is 2.83. The van der Waals surface area contributed by atoms with E-state index in [1.807, 2.05) is 27.7 Å². The van der Waals surface area contributed by atoms with Crippen LogP contribution in [-0.4, -0.2) is 0 Å². The van der Waals surface area contributed by atoms with Gasteiger partial charge in [0.15, 0.2) is 0 Å². The summed E-state index contributed by atoms with van der Waals surface area (Å²) in [6.07, 6.45) is 12.0. The molecule has 0 bridgehead atoms. The van der Waals surface area contributed by atoms with Crippen molar-refractivity contribution in [3.8, 4) is 0 Å². The molecule has 0 aromatic rings. The summed E-state index contributed by atoms with van der Waals surface area (Å²) in [6.45, 7) is 8.00. The third kappa shape index (κ3) is 12.7. The van der Waals surface area contributed by atoms with Gasteiger partial charge in [-0.15, -0.1) is 0 Å². The van der Waals surface area contributed by atoms with E-state index in [0.717, 1.165) is 0 Å². The second kappa shape index (κ2) is 17.2. The van der Waals surface area contributed by atoms with E-state index in [9.17, 15) is 0 Å². The van der Waals surface area contributed by atoms with Gasteiger partial charge in [0.05, 0.1) is 0 Å². The fraction of sp³-hybridized carbons (Fsp3) is 1.00. The van der Waals surface area contributed by atoms with E-state index in [1.54, 1.807) is 0 Å². The third-order valence-corrected chi connectivity index (χ3v) is 2.00. The molecule has 0 nitrogen and oxygen atoms in total. The molecule has 0 atom stereocenters. The summed E-state index contributed by atoms with van der Waals surface area (Å²) in [4.78, 5) is 0. The predicted molar refractivity (Wildman–Crippen MR) is 59.6 cm³/mol. The fourth-order valence-corrected chi connectivity index (χ4v) is 0.500. The molecule has 0 aromatic carbocycles. The highest BCUT2D eigenvalue weighted by molar-refractivity contribution is 4.51. The average Bonchev–Trinajstić information content (AvgIpc) is 1.88. The zero-order chi connectivity index (χ0) is 9.66. The zero-order valence-corrected chi connectivity index (χ0v) is 9.66. The van der Waals surface area contributed by atoms with Gasteiger partial charge in [-0.3, -0.25) is 0 Å². The SMILES string of the molecule is C1CCC1.C1CCC1.CC.CC. The molecule has 2 rings (SSSR count). The molecular formula is C12H28. The van der Waals surface area contributed by atoms with Crippen molar-refractivity contribution in [2.75, 3.05) is 0 Å². The maximum absolute atomic E-state index is 2.00. The molecule has 12 heavy (non-hydrogen) atoms. The first kappa shape index (κ1) is 14.5. The van der Waals surface area contributed by atoms with Gasteiger partial charge in [-0.05, 0) is 0 Å². The molecule has 2 aliphatic rings. The highest BCUT2D eigenvalue weighted by Crippen LogP contribution is 2.15. The molecule has 0 unspecified atom stereocenters. The normalized spacial score (nSPS) is 17.0. The van der Waals surface area contributed by atoms with E-state index >= 15 is 0 Å². The Morgan fingerprint density at radius 2 is 0.417 bits per heavy atom. The van der Waals surface area contributed by atoms with Gasteiger partial charge in [-0.1, -0.05) is 79.1 Å². The van der Waals surface area contributed by atoms with Crippen LogP contribution in [0.3, 0.4) is 0 Å². The Kier molecular flexibility index (Phi) is 20.8. The van der Waals surface area contributed by atoms with Gasteiger partial charge >= 0.3 is 0 Å². The first-order chi connectivity index (χ1) is 6.00. The predicted octanol–water partition coefficient (Wildman–Crippen LogP) is 5.17. The van der Waals surface area contributed by atoms with Gasteiger partial charge in [0.25, 0.3) is 0 Å². The lowest BCUT2D eigenvalue weighted by molar-refractivity contribution is 0.504. The van der Waals surface area contributed by atoms with Crippen LogP contribution in [0.2, 0.25) is 0 Å². The van der Waals surface area contributed by atoms with E-state index in [0.29, 0.717) is 0 Å². The van der Waals surface area contributed by atoms with Crippen LogP contribution >= 0.6 is 0 Å². The molecule has 0 heteroatoms. The lowest BCUT2D eigenvalue weighted by Gasteiger charge is -2.05. The van der Waals surface area contributed by atoms with Crippen LogP contribution in [-0.2, 0) is 0 Å². The smallest absolute Gasteiger partial charge is 0.0533 e. The maximum Gasteiger partial charge on any atom is -0.0533 e. The molecule has 2 aliphatic carbocycles. The zero-order valence-electron chi connectivity index (χ0n) is 9.66. The molecule has 76 valence electrons. The van der Waals surface area contributed by atoms with Crippen LogP contribution in [0, 0.1) is 0 Å². The maximum atomic E-state index is 2.00. The van der Waals surface area contributed by atoms with Crippen molar-refractivity contribution in [1.82, 2.24) is 0 Å². The Balaban J connectivity index is 0. The molecule has 0 aliphatic heterocycles. The van der Waals surface area contributed by atoms with Gasteiger partial charge in [0, 0.05) is 0 Å². The van der Waals surface area contributed by atoms with Crippen molar-refractivity contribution in [2.24, 2.45) is 0 Å².